The second-order valence-corrected chi connectivity index (χ2v) is 7.08. The Hall–Kier alpha value is -1.09. The first-order valence-electron chi connectivity index (χ1n) is 8.47. The third-order valence-electron chi connectivity index (χ3n) is 4.52. The number of rotatable bonds is 6. The average Bonchev–Trinajstić information content (AvgIpc) is 2.47. The Kier molecular flexibility index (Phi) is 6.04. The van der Waals surface area contributed by atoms with E-state index in [0.717, 1.165) is 38.0 Å². The van der Waals surface area contributed by atoms with Crippen LogP contribution in [0.15, 0.2) is 18.3 Å². The third-order valence-corrected chi connectivity index (χ3v) is 4.52. The number of hydrogen-bond acceptors (Lipinski definition) is 3. The molecule has 3 heteroatoms. The summed E-state index contributed by atoms with van der Waals surface area (Å²) >= 11 is 0. The van der Waals surface area contributed by atoms with Crippen LogP contribution in [0.4, 0.5) is 5.82 Å². The Morgan fingerprint density at radius 2 is 1.95 bits per heavy atom. The maximum absolute atomic E-state index is 4.66. The highest BCUT2D eigenvalue weighted by Gasteiger charge is 2.23. The van der Waals surface area contributed by atoms with E-state index >= 15 is 0 Å². The molecule has 1 aliphatic heterocycles. The average molecular weight is 289 g/mol. The molecule has 0 aromatic carbocycles. The van der Waals surface area contributed by atoms with Crippen molar-refractivity contribution >= 4 is 5.82 Å². The first-order chi connectivity index (χ1) is 10.1. The molecule has 0 atom stereocenters. The van der Waals surface area contributed by atoms with E-state index in [1.807, 2.05) is 6.20 Å². The predicted octanol–water partition coefficient (Wildman–Crippen LogP) is 3.70. The van der Waals surface area contributed by atoms with E-state index in [0.29, 0.717) is 5.92 Å². The summed E-state index contributed by atoms with van der Waals surface area (Å²) in [5, 5.41) is 3.54. The molecule has 0 unspecified atom stereocenters. The number of hydrogen-bond donors (Lipinski definition) is 1. The molecule has 0 bridgehead atoms. The fourth-order valence-electron chi connectivity index (χ4n) is 3.13. The minimum atomic E-state index is 0.687. The van der Waals surface area contributed by atoms with Crippen molar-refractivity contribution in [3.63, 3.8) is 0 Å². The Balaban J connectivity index is 1.97. The second-order valence-electron chi connectivity index (χ2n) is 7.08. The molecule has 0 amide bonds. The van der Waals surface area contributed by atoms with Crippen molar-refractivity contribution in [2.24, 2.45) is 17.8 Å². The van der Waals surface area contributed by atoms with E-state index in [4.69, 9.17) is 0 Å². The largest absolute Gasteiger partial charge is 0.356 e. The summed E-state index contributed by atoms with van der Waals surface area (Å²) in [6.45, 7) is 13.5. The molecule has 0 saturated carbocycles. The van der Waals surface area contributed by atoms with Gasteiger partial charge in [-0.05, 0) is 43.2 Å². The van der Waals surface area contributed by atoms with Crippen molar-refractivity contribution in [3.8, 4) is 0 Å². The van der Waals surface area contributed by atoms with Crippen LogP contribution in [0.5, 0.6) is 0 Å². The smallest absolute Gasteiger partial charge is 0.133 e. The molecule has 2 heterocycles. The zero-order chi connectivity index (χ0) is 15.2. The van der Waals surface area contributed by atoms with Gasteiger partial charge in [0.1, 0.15) is 5.82 Å². The molecule has 3 nitrogen and oxygen atoms in total. The summed E-state index contributed by atoms with van der Waals surface area (Å²) in [6, 6.07) is 4.26. The molecule has 118 valence electrons. The quantitative estimate of drug-likeness (QED) is 0.865. The maximum atomic E-state index is 4.66. The number of aromatic nitrogens is 1. The first-order valence-corrected chi connectivity index (χ1v) is 8.47. The lowest BCUT2D eigenvalue weighted by atomic mass is 9.86. The molecule has 1 aromatic rings. The van der Waals surface area contributed by atoms with Crippen molar-refractivity contribution < 1.29 is 0 Å². The molecular formula is C18H31N3. The SMILES string of the molecule is CC(C)CNCc1cccnc1N1CCC(C(C)C)CC1. The number of pyridine rings is 1. The number of nitrogens with one attached hydrogen (secondary N) is 1. The molecule has 1 fully saturated rings. The fraction of sp³-hybridized carbons (Fsp3) is 0.722. The van der Waals surface area contributed by atoms with Gasteiger partial charge in [-0.25, -0.2) is 4.98 Å². The van der Waals surface area contributed by atoms with Crippen molar-refractivity contribution in [2.75, 3.05) is 24.5 Å². The van der Waals surface area contributed by atoms with Gasteiger partial charge in [-0.1, -0.05) is 33.8 Å². The van der Waals surface area contributed by atoms with Crippen LogP contribution in [-0.2, 0) is 6.54 Å². The standard InChI is InChI=1S/C18H31N3/c1-14(2)12-19-13-17-6-5-9-20-18(17)21-10-7-16(8-11-21)15(3)4/h5-6,9,14-16,19H,7-8,10-13H2,1-4H3. The van der Waals surface area contributed by atoms with Crippen LogP contribution >= 0.6 is 0 Å². The van der Waals surface area contributed by atoms with E-state index in [1.165, 1.54) is 24.2 Å². The summed E-state index contributed by atoms with van der Waals surface area (Å²) in [5.41, 5.74) is 1.33. The van der Waals surface area contributed by atoms with Gasteiger partial charge in [0.2, 0.25) is 0 Å². The van der Waals surface area contributed by atoms with Gasteiger partial charge in [0, 0.05) is 31.4 Å². The highest BCUT2D eigenvalue weighted by molar-refractivity contribution is 5.47. The summed E-state index contributed by atoms with van der Waals surface area (Å²) in [4.78, 5) is 7.13. The van der Waals surface area contributed by atoms with E-state index in [1.54, 1.807) is 0 Å². The van der Waals surface area contributed by atoms with Crippen molar-refractivity contribution in [2.45, 2.75) is 47.1 Å². The van der Waals surface area contributed by atoms with E-state index in [9.17, 15) is 0 Å². The van der Waals surface area contributed by atoms with Crippen molar-refractivity contribution in [1.82, 2.24) is 10.3 Å². The molecule has 1 aromatic heterocycles. The number of nitrogens with zero attached hydrogens (tertiary/aromatic N) is 2. The molecule has 1 N–H and O–H groups in total. The lowest BCUT2D eigenvalue weighted by Crippen LogP contribution is -2.36. The lowest BCUT2D eigenvalue weighted by molar-refractivity contribution is 0.310. The van der Waals surface area contributed by atoms with Gasteiger partial charge in [-0.15, -0.1) is 0 Å². The summed E-state index contributed by atoms with van der Waals surface area (Å²) in [5.74, 6) is 3.57. The summed E-state index contributed by atoms with van der Waals surface area (Å²) in [6.07, 6.45) is 4.52. The minimum absolute atomic E-state index is 0.687. The van der Waals surface area contributed by atoms with Crippen LogP contribution in [0.3, 0.4) is 0 Å². The van der Waals surface area contributed by atoms with Crippen LogP contribution < -0.4 is 10.2 Å². The topological polar surface area (TPSA) is 28.2 Å². The van der Waals surface area contributed by atoms with Gasteiger partial charge < -0.3 is 10.2 Å². The zero-order valence-corrected chi connectivity index (χ0v) is 14.1. The predicted molar refractivity (Wildman–Crippen MR) is 90.6 cm³/mol. The molecule has 0 aliphatic carbocycles. The highest BCUT2D eigenvalue weighted by Crippen LogP contribution is 2.28. The lowest BCUT2D eigenvalue weighted by Gasteiger charge is -2.35. The monoisotopic (exact) mass is 289 g/mol. The van der Waals surface area contributed by atoms with Gasteiger partial charge >= 0.3 is 0 Å². The summed E-state index contributed by atoms with van der Waals surface area (Å²) < 4.78 is 0. The maximum Gasteiger partial charge on any atom is 0.133 e. The Bertz CT molecular complexity index is 420. The summed E-state index contributed by atoms with van der Waals surface area (Å²) in [7, 11) is 0. The molecule has 0 radical (unpaired) electrons. The molecule has 0 spiro atoms. The van der Waals surface area contributed by atoms with Gasteiger partial charge in [0.25, 0.3) is 0 Å². The number of anilines is 1. The van der Waals surface area contributed by atoms with Crippen LogP contribution in [0.2, 0.25) is 0 Å². The second kappa shape index (κ2) is 7.79. The van der Waals surface area contributed by atoms with Crippen LogP contribution in [-0.4, -0.2) is 24.6 Å². The Labute approximate surface area is 130 Å². The fourth-order valence-corrected chi connectivity index (χ4v) is 3.13. The number of piperidine rings is 1. The molecule has 21 heavy (non-hydrogen) atoms. The normalized spacial score (nSPS) is 17.0. The van der Waals surface area contributed by atoms with Gasteiger partial charge in [0.05, 0.1) is 0 Å². The van der Waals surface area contributed by atoms with Crippen LogP contribution in [0, 0.1) is 17.8 Å². The molecule has 1 saturated heterocycles. The molecular weight excluding hydrogens is 258 g/mol. The van der Waals surface area contributed by atoms with Gasteiger partial charge in [0.15, 0.2) is 0 Å². The third kappa shape index (κ3) is 4.70. The van der Waals surface area contributed by atoms with Gasteiger partial charge in [-0.3, -0.25) is 0 Å². The van der Waals surface area contributed by atoms with Crippen molar-refractivity contribution in [1.29, 1.82) is 0 Å². The van der Waals surface area contributed by atoms with Crippen molar-refractivity contribution in [3.05, 3.63) is 23.9 Å². The Morgan fingerprint density at radius 3 is 2.57 bits per heavy atom. The zero-order valence-electron chi connectivity index (χ0n) is 14.1. The highest BCUT2D eigenvalue weighted by atomic mass is 15.2. The van der Waals surface area contributed by atoms with Gasteiger partial charge in [-0.2, -0.15) is 0 Å². The van der Waals surface area contributed by atoms with E-state index in [2.05, 4.69) is 55.0 Å². The van der Waals surface area contributed by atoms with E-state index < -0.39 is 0 Å². The minimum Gasteiger partial charge on any atom is -0.356 e. The first kappa shape index (κ1) is 16.3. The van der Waals surface area contributed by atoms with Crippen LogP contribution in [0.1, 0.15) is 46.1 Å². The van der Waals surface area contributed by atoms with E-state index in [-0.39, 0.29) is 0 Å². The Morgan fingerprint density at radius 1 is 1.24 bits per heavy atom. The van der Waals surface area contributed by atoms with Crippen LogP contribution in [0.25, 0.3) is 0 Å². The molecule has 2 rings (SSSR count). The molecule has 1 aliphatic rings.